The first-order valence-electron chi connectivity index (χ1n) is 13.3. The van der Waals surface area contributed by atoms with Crippen molar-refractivity contribution in [2.75, 3.05) is 28.7 Å². The first-order chi connectivity index (χ1) is 19.6. The number of nitrogens with one attached hydrogen (secondary N) is 2. The number of fused-ring (bicyclic) bond motifs is 1. The van der Waals surface area contributed by atoms with E-state index in [0.29, 0.717) is 30.1 Å². The first-order valence-corrected chi connectivity index (χ1v) is 13.6. The summed E-state index contributed by atoms with van der Waals surface area (Å²) in [6.07, 6.45) is 7.24. The second-order valence-electron chi connectivity index (χ2n) is 9.69. The molecule has 1 fully saturated rings. The highest BCUT2D eigenvalue weighted by molar-refractivity contribution is 6.30. The molecule has 0 aliphatic carbocycles. The van der Waals surface area contributed by atoms with Crippen molar-refractivity contribution in [3.05, 3.63) is 101 Å². The maximum Gasteiger partial charge on any atom is 0.250 e. The summed E-state index contributed by atoms with van der Waals surface area (Å²) >= 11 is 6.07. The highest BCUT2D eigenvalue weighted by Crippen LogP contribution is 2.23. The van der Waals surface area contributed by atoms with Gasteiger partial charge in [0.05, 0.1) is 6.21 Å². The van der Waals surface area contributed by atoms with E-state index in [1.807, 2.05) is 36.4 Å². The van der Waals surface area contributed by atoms with Crippen molar-refractivity contribution in [3.63, 3.8) is 0 Å². The van der Waals surface area contributed by atoms with E-state index in [0.717, 1.165) is 53.0 Å². The molecule has 3 aromatic carbocycles. The summed E-state index contributed by atoms with van der Waals surface area (Å²) < 4.78 is 15.6. The number of anilines is 4. The van der Waals surface area contributed by atoms with E-state index in [2.05, 4.69) is 58.6 Å². The number of nitrogens with zero attached hydrogens (tertiary/aromatic N) is 6. The highest BCUT2D eigenvalue weighted by atomic mass is 35.5. The van der Waals surface area contributed by atoms with Crippen molar-refractivity contribution < 1.29 is 4.39 Å². The van der Waals surface area contributed by atoms with Crippen LogP contribution in [0.5, 0.6) is 0 Å². The average Bonchev–Trinajstić information content (AvgIpc) is 3.33. The molecule has 0 saturated carbocycles. The Bertz CT molecular complexity index is 1630. The molecule has 10 heteroatoms. The van der Waals surface area contributed by atoms with Gasteiger partial charge in [-0.05, 0) is 67.3 Å². The van der Waals surface area contributed by atoms with Gasteiger partial charge >= 0.3 is 0 Å². The molecule has 0 spiro atoms. The third-order valence-electron chi connectivity index (χ3n) is 6.82. The van der Waals surface area contributed by atoms with E-state index in [4.69, 9.17) is 11.6 Å². The van der Waals surface area contributed by atoms with Crippen LogP contribution < -0.4 is 15.6 Å². The van der Waals surface area contributed by atoms with Gasteiger partial charge in [-0.3, -0.25) is 0 Å². The monoisotopic (exact) mass is 554 g/mol. The van der Waals surface area contributed by atoms with Crippen LogP contribution >= 0.6 is 11.6 Å². The first kappa shape index (κ1) is 25.8. The molecule has 5 aromatic rings. The van der Waals surface area contributed by atoms with Gasteiger partial charge < -0.3 is 14.8 Å². The van der Waals surface area contributed by atoms with Crippen LogP contribution in [0.2, 0.25) is 5.02 Å². The Balaban J connectivity index is 1.26. The molecule has 1 saturated heterocycles. The maximum absolute atomic E-state index is 13.4. The van der Waals surface area contributed by atoms with Crippen LogP contribution in [0.25, 0.3) is 10.9 Å². The summed E-state index contributed by atoms with van der Waals surface area (Å²) in [7, 11) is 0. The Morgan fingerprint density at radius 1 is 0.875 bits per heavy atom. The van der Waals surface area contributed by atoms with Crippen LogP contribution in [0.1, 0.15) is 30.4 Å². The number of piperidine rings is 1. The fourth-order valence-electron chi connectivity index (χ4n) is 4.82. The van der Waals surface area contributed by atoms with Gasteiger partial charge in [0.1, 0.15) is 5.82 Å². The summed E-state index contributed by atoms with van der Waals surface area (Å²) in [6, 6.07) is 22.2. The van der Waals surface area contributed by atoms with Gasteiger partial charge in [0.2, 0.25) is 17.8 Å². The average molecular weight is 555 g/mol. The number of aromatic nitrogens is 4. The van der Waals surface area contributed by atoms with Crippen molar-refractivity contribution in [2.24, 2.45) is 5.10 Å². The molecule has 8 nitrogen and oxygen atoms in total. The zero-order valence-corrected chi connectivity index (χ0v) is 22.5. The number of hydrazone groups is 1. The topological polar surface area (TPSA) is 83.3 Å². The third-order valence-corrected chi connectivity index (χ3v) is 7.07. The molecular weight excluding hydrogens is 527 g/mol. The van der Waals surface area contributed by atoms with Crippen LogP contribution in [0, 0.1) is 5.82 Å². The molecule has 0 radical (unpaired) electrons. The second kappa shape index (κ2) is 11.7. The lowest BCUT2D eigenvalue weighted by atomic mass is 10.1. The Labute approximate surface area is 236 Å². The Kier molecular flexibility index (Phi) is 7.54. The number of benzene rings is 3. The Morgan fingerprint density at radius 3 is 2.42 bits per heavy atom. The van der Waals surface area contributed by atoms with Crippen molar-refractivity contribution >= 4 is 52.3 Å². The van der Waals surface area contributed by atoms with E-state index >= 15 is 0 Å². The van der Waals surface area contributed by atoms with Gasteiger partial charge in [0.25, 0.3) is 0 Å². The van der Waals surface area contributed by atoms with Gasteiger partial charge in [0.15, 0.2) is 0 Å². The number of hydrogen-bond donors (Lipinski definition) is 2. The fourth-order valence-corrected chi connectivity index (χ4v) is 4.95. The van der Waals surface area contributed by atoms with E-state index in [1.54, 1.807) is 18.3 Å². The van der Waals surface area contributed by atoms with Gasteiger partial charge in [-0.1, -0.05) is 41.9 Å². The molecule has 6 rings (SSSR count). The third kappa shape index (κ3) is 6.05. The molecule has 40 heavy (non-hydrogen) atoms. The maximum atomic E-state index is 13.4. The fraction of sp³-hybridized carbons (Fsp3) is 0.200. The van der Waals surface area contributed by atoms with Crippen molar-refractivity contribution in [1.82, 2.24) is 19.5 Å². The predicted octanol–water partition coefficient (Wildman–Crippen LogP) is 6.85. The zero-order chi connectivity index (χ0) is 27.3. The van der Waals surface area contributed by atoms with Crippen LogP contribution in [0.15, 0.2) is 84.1 Å². The summed E-state index contributed by atoms with van der Waals surface area (Å²) in [4.78, 5) is 15.9. The standard InChI is InChI=1S/C30H28ClFN8/c31-23-10-8-21(9-11-23)19-40-20-22(26-6-2-3-7-27(26)40)18-33-38-29-35-28(34-25-14-12-24(32)13-15-25)36-30(37-29)39-16-4-1-5-17-39/h2-3,6-15,18,20H,1,4-5,16-17,19H2,(H2,34,35,36,37,38). The zero-order valence-electron chi connectivity index (χ0n) is 21.8. The van der Waals surface area contributed by atoms with E-state index in [1.165, 1.54) is 18.6 Å². The summed E-state index contributed by atoms with van der Waals surface area (Å²) in [5.74, 6) is 0.957. The Morgan fingerprint density at radius 2 is 1.62 bits per heavy atom. The quantitative estimate of drug-likeness (QED) is 0.161. The van der Waals surface area contributed by atoms with Gasteiger partial charge in [-0.2, -0.15) is 20.1 Å². The molecule has 1 aliphatic heterocycles. The molecule has 0 unspecified atom stereocenters. The number of para-hydroxylation sites is 1. The van der Waals surface area contributed by atoms with Crippen LogP contribution in [0.4, 0.5) is 27.9 Å². The number of halogens is 2. The minimum absolute atomic E-state index is 0.304. The van der Waals surface area contributed by atoms with Crippen molar-refractivity contribution in [2.45, 2.75) is 25.8 Å². The number of rotatable bonds is 8. The van der Waals surface area contributed by atoms with E-state index < -0.39 is 0 Å². The van der Waals surface area contributed by atoms with Gasteiger partial charge in [0, 0.05) is 53.0 Å². The lowest BCUT2D eigenvalue weighted by Gasteiger charge is -2.26. The molecule has 1 aliphatic rings. The molecule has 2 aromatic heterocycles. The molecular formula is C30H28ClFN8. The van der Waals surface area contributed by atoms with Gasteiger partial charge in [-0.25, -0.2) is 9.82 Å². The van der Waals surface area contributed by atoms with Crippen molar-refractivity contribution in [1.29, 1.82) is 0 Å². The van der Waals surface area contributed by atoms with Crippen LogP contribution in [-0.4, -0.2) is 38.8 Å². The second-order valence-corrected chi connectivity index (χ2v) is 10.1. The van der Waals surface area contributed by atoms with E-state index in [9.17, 15) is 4.39 Å². The summed E-state index contributed by atoms with van der Waals surface area (Å²) in [5.41, 5.74) is 6.90. The number of hydrogen-bond acceptors (Lipinski definition) is 7. The SMILES string of the molecule is Fc1ccc(Nc2nc(NN=Cc3cn(Cc4ccc(Cl)cc4)c4ccccc34)nc(N3CCCCC3)n2)cc1. The molecule has 0 amide bonds. The largest absolute Gasteiger partial charge is 0.342 e. The molecule has 0 atom stereocenters. The van der Waals surface area contributed by atoms with Crippen LogP contribution in [-0.2, 0) is 6.54 Å². The van der Waals surface area contributed by atoms with Crippen LogP contribution in [0.3, 0.4) is 0 Å². The molecule has 3 heterocycles. The molecule has 0 bridgehead atoms. The smallest absolute Gasteiger partial charge is 0.250 e. The minimum Gasteiger partial charge on any atom is -0.342 e. The summed E-state index contributed by atoms with van der Waals surface area (Å²) in [6.45, 7) is 2.48. The van der Waals surface area contributed by atoms with Gasteiger partial charge in [-0.15, -0.1) is 0 Å². The normalized spacial score (nSPS) is 13.7. The predicted molar refractivity (Wildman–Crippen MR) is 159 cm³/mol. The lowest BCUT2D eigenvalue weighted by Crippen LogP contribution is -2.31. The highest BCUT2D eigenvalue weighted by Gasteiger charge is 2.16. The Hall–Kier alpha value is -4.50. The lowest BCUT2D eigenvalue weighted by molar-refractivity contribution is 0.568. The minimum atomic E-state index is -0.304. The van der Waals surface area contributed by atoms with E-state index in [-0.39, 0.29) is 5.82 Å². The molecule has 2 N–H and O–H groups in total. The van der Waals surface area contributed by atoms with Crippen molar-refractivity contribution in [3.8, 4) is 0 Å². The summed E-state index contributed by atoms with van der Waals surface area (Å²) in [5, 5.41) is 9.45. The molecule has 202 valence electrons.